The summed E-state index contributed by atoms with van der Waals surface area (Å²) in [4.78, 5) is 28.4. The SMILES string of the molecule is CC(Cc1ccc2ccccc2n1)(NC(=O)OCc1ccccc1)C(=O)O. The number of ether oxygens (including phenoxy) is 1. The minimum Gasteiger partial charge on any atom is -0.480 e. The number of carbonyl (C=O) groups excluding carboxylic acids is 1. The normalized spacial score (nSPS) is 12.9. The third-order valence-electron chi connectivity index (χ3n) is 4.25. The van der Waals surface area contributed by atoms with Crippen LogP contribution in [0.3, 0.4) is 0 Å². The number of fused-ring (bicyclic) bond motifs is 1. The Kier molecular flexibility index (Phi) is 5.35. The number of amides is 1. The fourth-order valence-electron chi connectivity index (χ4n) is 2.73. The van der Waals surface area contributed by atoms with Gasteiger partial charge in [-0.2, -0.15) is 0 Å². The number of rotatable bonds is 6. The number of alkyl carbamates (subject to hydrolysis) is 1. The lowest BCUT2D eigenvalue weighted by molar-refractivity contribution is -0.143. The smallest absolute Gasteiger partial charge is 0.408 e. The summed E-state index contributed by atoms with van der Waals surface area (Å²) in [5.41, 5.74) is 0.626. The lowest BCUT2D eigenvalue weighted by Gasteiger charge is -2.25. The molecule has 0 spiro atoms. The molecule has 1 atom stereocenters. The van der Waals surface area contributed by atoms with E-state index in [-0.39, 0.29) is 13.0 Å². The number of nitrogens with one attached hydrogen (secondary N) is 1. The molecule has 0 radical (unpaired) electrons. The van der Waals surface area contributed by atoms with Gasteiger partial charge >= 0.3 is 12.1 Å². The van der Waals surface area contributed by atoms with Crippen molar-refractivity contribution in [2.24, 2.45) is 0 Å². The zero-order valence-electron chi connectivity index (χ0n) is 14.9. The van der Waals surface area contributed by atoms with Crippen LogP contribution in [0.15, 0.2) is 66.7 Å². The number of hydrogen-bond donors (Lipinski definition) is 2. The molecule has 138 valence electrons. The van der Waals surface area contributed by atoms with Gasteiger partial charge in [0.25, 0.3) is 0 Å². The van der Waals surface area contributed by atoms with Gasteiger partial charge < -0.3 is 15.2 Å². The first-order chi connectivity index (χ1) is 13.0. The molecule has 3 aromatic rings. The van der Waals surface area contributed by atoms with E-state index >= 15 is 0 Å². The monoisotopic (exact) mass is 364 g/mol. The molecule has 1 heterocycles. The highest BCUT2D eigenvalue weighted by molar-refractivity contribution is 5.84. The van der Waals surface area contributed by atoms with Gasteiger partial charge in [-0.1, -0.05) is 54.6 Å². The van der Waals surface area contributed by atoms with Crippen LogP contribution in [0.5, 0.6) is 0 Å². The molecule has 0 saturated carbocycles. The molecule has 0 aliphatic rings. The fourth-order valence-corrected chi connectivity index (χ4v) is 2.73. The second kappa shape index (κ2) is 7.86. The summed E-state index contributed by atoms with van der Waals surface area (Å²) in [6.45, 7) is 1.51. The summed E-state index contributed by atoms with van der Waals surface area (Å²) in [7, 11) is 0. The van der Waals surface area contributed by atoms with Gasteiger partial charge in [-0.15, -0.1) is 0 Å². The van der Waals surface area contributed by atoms with Crippen LogP contribution in [-0.4, -0.2) is 27.7 Å². The van der Waals surface area contributed by atoms with Gasteiger partial charge in [-0.05, 0) is 24.6 Å². The number of nitrogens with zero attached hydrogens (tertiary/aromatic N) is 1. The van der Waals surface area contributed by atoms with Crippen molar-refractivity contribution in [3.63, 3.8) is 0 Å². The van der Waals surface area contributed by atoms with E-state index in [0.29, 0.717) is 5.69 Å². The number of aliphatic carboxylic acids is 1. The van der Waals surface area contributed by atoms with Crippen LogP contribution in [0.2, 0.25) is 0 Å². The average Bonchev–Trinajstić information content (AvgIpc) is 2.67. The summed E-state index contributed by atoms with van der Waals surface area (Å²) in [5, 5.41) is 13.1. The van der Waals surface area contributed by atoms with E-state index in [1.54, 1.807) is 6.07 Å². The summed E-state index contributed by atoms with van der Waals surface area (Å²) in [6.07, 6.45) is -0.752. The highest BCUT2D eigenvalue weighted by atomic mass is 16.5. The van der Waals surface area contributed by atoms with Crippen molar-refractivity contribution in [3.8, 4) is 0 Å². The molecule has 0 aliphatic carbocycles. The van der Waals surface area contributed by atoms with Gasteiger partial charge in [0.15, 0.2) is 0 Å². The minimum absolute atomic E-state index is 0.0353. The Hall–Kier alpha value is -3.41. The van der Waals surface area contributed by atoms with Crippen LogP contribution in [0, 0.1) is 0 Å². The molecule has 2 aromatic carbocycles. The van der Waals surface area contributed by atoms with Crippen molar-refractivity contribution in [1.82, 2.24) is 10.3 Å². The first kappa shape index (κ1) is 18.4. The molecule has 3 rings (SSSR count). The van der Waals surface area contributed by atoms with Gasteiger partial charge in [0.2, 0.25) is 0 Å². The number of hydrogen-bond acceptors (Lipinski definition) is 4. The maximum Gasteiger partial charge on any atom is 0.408 e. The molecule has 0 saturated heterocycles. The molecule has 1 aromatic heterocycles. The first-order valence-corrected chi connectivity index (χ1v) is 8.53. The molecule has 0 aliphatic heterocycles. The summed E-state index contributed by atoms with van der Waals surface area (Å²) in [6, 6.07) is 20.4. The molecule has 2 N–H and O–H groups in total. The summed E-state index contributed by atoms with van der Waals surface area (Å²) in [5.74, 6) is -1.16. The number of pyridine rings is 1. The lowest BCUT2D eigenvalue weighted by Crippen LogP contribution is -2.54. The Morgan fingerprint density at radius 1 is 1.04 bits per heavy atom. The molecule has 27 heavy (non-hydrogen) atoms. The van der Waals surface area contributed by atoms with E-state index in [4.69, 9.17) is 4.74 Å². The van der Waals surface area contributed by atoms with Crippen LogP contribution in [-0.2, 0) is 22.6 Å². The van der Waals surface area contributed by atoms with Crippen molar-refractivity contribution < 1.29 is 19.4 Å². The number of carbonyl (C=O) groups is 2. The van der Waals surface area contributed by atoms with E-state index in [1.807, 2.05) is 60.7 Å². The molecule has 1 amide bonds. The van der Waals surface area contributed by atoms with Gasteiger partial charge in [-0.25, -0.2) is 9.59 Å². The molecule has 0 bridgehead atoms. The lowest BCUT2D eigenvalue weighted by atomic mass is 9.95. The summed E-state index contributed by atoms with van der Waals surface area (Å²) < 4.78 is 5.15. The van der Waals surface area contributed by atoms with E-state index in [2.05, 4.69) is 10.3 Å². The Bertz CT molecular complexity index is 959. The number of benzene rings is 2. The standard InChI is InChI=1S/C21H20N2O4/c1-21(19(24)25,23-20(26)27-14-15-7-3-2-4-8-15)13-17-12-11-16-9-5-6-10-18(16)22-17/h2-12H,13-14H2,1H3,(H,23,26)(H,24,25). The number of carboxylic acid groups (broad SMARTS) is 1. The van der Waals surface area contributed by atoms with Crippen molar-refractivity contribution in [1.29, 1.82) is 0 Å². The van der Waals surface area contributed by atoms with Crippen LogP contribution < -0.4 is 5.32 Å². The van der Waals surface area contributed by atoms with Crippen molar-refractivity contribution in [3.05, 3.63) is 78.0 Å². The zero-order valence-corrected chi connectivity index (χ0v) is 14.9. The van der Waals surface area contributed by atoms with E-state index < -0.39 is 17.6 Å². The van der Waals surface area contributed by atoms with E-state index in [9.17, 15) is 14.7 Å². The molecule has 6 nitrogen and oxygen atoms in total. The minimum atomic E-state index is -1.54. The quantitative estimate of drug-likeness (QED) is 0.698. The molecular weight excluding hydrogens is 344 g/mol. The zero-order chi connectivity index (χ0) is 19.3. The predicted molar refractivity (Wildman–Crippen MR) is 101 cm³/mol. The Morgan fingerprint density at radius 3 is 2.48 bits per heavy atom. The number of aromatic nitrogens is 1. The summed E-state index contributed by atoms with van der Waals surface area (Å²) >= 11 is 0. The number of para-hydroxylation sites is 1. The van der Waals surface area contributed by atoms with E-state index in [1.165, 1.54) is 6.92 Å². The average molecular weight is 364 g/mol. The highest BCUT2D eigenvalue weighted by Crippen LogP contribution is 2.17. The third kappa shape index (κ3) is 4.61. The highest BCUT2D eigenvalue weighted by Gasteiger charge is 2.36. The van der Waals surface area contributed by atoms with Crippen molar-refractivity contribution in [2.75, 3.05) is 0 Å². The Labute approximate surface area is 156 Å². The van der Waals surface area contributed by atoms with Gasteiger partial charge in [0, 0.05) is 17.5 Å². The first-order valence-electron chi connectivity index (χ1n) is 8.53. The molecule has 6 heteroatoms. The van der Waals surface area contributed by atoms with Crippen LogP contribution in [0.25, 0.3) is 10.9 Å². The Morgan fingerprint density at radius 2 is 1.74 bits per heavy atom. The maximum absolute atomic E-state index is 12.1. The van der Waals surface area contributed by atoms with Gasteiger partial charge in [0.05, 0.1) is 5.52 Å². The molecule has 1 unspecified atom stereocenters. The van der Waals surface area contributed by atoms with Crippen LogP contribution in [0.1, 0.15) is 18.2 Å². The van der Waals surface area contributed by atoms with Gasteiger partial charge in [0.1, 0.15) is 12.1 Å². The second-order valence-electron chi connectivity index (χ2n) is 6.50. The van der Waals surface area contributed by atoms with Gasteiger partial charge in [-0.3, -0.25) is 4.98 Å². The molecular formula is C21H20N2O4. The number of carboxylic acids is 1. The predicted octanol–water partition coefficient (Wildman–Crippen LogP) is 3.55. The maximum atomic E-state index is 12.1. The van der Waals surface area contributed by atoms with E-state index in [0.717, 1.165) is 16.5 Å². The second-order valence-corrected chi connectivity index (χ2v) is 6.50. The topological polar surface area (TPSA) is 88.5 Å². The Balaban J connectivity index is 1.70. The third-order valence-corrected chi connectivity index (χ3v) is 4.25. The van der Waals surface area contributed by atoms with Crippen molar-refractivity contribution >= 4 is 23.0 Å². The van der Waals surface area contributed by atoms with Crippen molar-refractivity contribution in [2.45, 2.75) is 25.5 Å². The van der Waals surface area contributed by atoms with Crippen LogP contribution >= 0.6 is 0 Å². The fraction of sp³-hybridized carbons (Fsp3) is 0.190. The molecule has 0 fully saturated rings. The van der Waals surface area contributed by atoms with Crippen LogP contribution in [0.4, 0.5) is 4.79 Å². The largest absolute Gasteiger partial charge is 0.480 e.